The molecule has 0 saturated carbocycles. The number of hydrogen-bond donors (Lipinski definition) is 0. The van der Waals surface area contributed by atoms with Crippen LogP contribution in [-0.2, 0) is 0 Å². The third-order valence-electron chi connectivity index (χ3n) is 2.41. The van der Waals surface area contributed by atoms with Crippen LogP contribution in [0.1, 0.15) is 33.1 Å². The van der Waals surface area contributed by atoms with Gasteiger partial charge in [0, 0.05) is 13.3 Å². The molecule has 0 saturated heterocycles. The minimum atomic E-state index is -6.00. The summed E-state index contributed by atoms with van der Waals surface area (Å²) >= 11 is 0. The van der Waals surface area contributed by atoms with Gasteiger partial charge in [0.05, 0.1) is 6.21 Å². The van der Waals surface area contributed by atoms with Crippen LogP contribution in [0.5, 0.6) is 0 Å². The van der Waals surface area contributed by atoms with Gasteiger partial charge < -0.3 is 17.3 Å². The van der Waals surface area contributed by atoms with Crippen molar-refractivity contribution in [2.45, 2.75) is 38.8 Å². The molecule has 1 unspecified atom stereocenters. The summed E-state index contributed by atoms with van der Waals surface area (Å²) in [6, 6.07) is 0. The predicted octanol–water partition coefficient (Wildman–Crippen LogP) is 2.99. The van der Waals surface area contributed by atoms with Gasteiger partial charge in [0.25, 0.3) is 5.66 Å². The summed E-state index contributed by atoms with van der Waals surface area (Å²) in [5.74, 6) is 0. The van der Waals surface area contributed by atoms with Crippen LogP contribution in [-0.4, -0.2) is 37.0 Å². The molecule has 0 aliphatic carbocycles. The van der Waals surface area contributed by atoms with Crippen LogP contribution < -0.4 is 0 Å². The zero-order chi connectivity index (χ0) is 12.8. The second-order valence-corrected chi connectivity index (χ2v) is 3.85. The quantitative estimate of drug-likeness (QED) is 0.409. The highest BCUT2D eigenvalue weighted by molar-refractivity contribution is 6.50. The summed E-state index contributed by atoms with van der Waals surface area (Å²) in [5, 5.41) is 0. The van der Waals surface area contributed by atoms with E-state index in [0.717, 1.165) is 6.42 Å². The molecule has 1 atom stereocenters. The molecule has 1 rings (SSSR count). The molecule has 1 aliphatic rings. The molecule has 94 valence electrons. The molecular formula is C9H17BF4N2. The van der Waals surface area contributed by atoms with Crippen molar-refractivity contribution >= 4 is 19.7 Å². The second kappa shape index (κ2) is 6.01. The molecule has 16 heavy (non-hydrogen) atoms. The van der Waals surface area contributed by atoms with Crippen molar-refractivity contribution < 1.29 is 21.8 Å². The second-order valence-electron chi connectivity index (χ2n) is 3.85. The lowest BCUT2D eigenvalue weighted by atomic mass is 10.1. The van der Waals surface area contributed by atoms with Gasteiger partial charge in [-0.2, -0.15) is 0 Å². The van der Waals surface area contributed by atoms with E-state index in [9.17, 15) is 17.3 Å². The molecule has 2 nitrogen and oxygen atoms in total. The highest BCUT2D eigenvalue weighted by atomic mass is 19.5. The first-order valence-corrected chi connectivity index (χ1v) is 5.18. The Balaban J connectivity index is 0.000000385. The van der Waals surface area contributed by atoms with Crippen molar-refractivity contribution in [2.75, 3.05) is 7.05 Å². The van der Waals surface area contributed by atoms with Crippen LogP contribution in [0.15, 0.2) is 4.99 Å². The van der Waals surface area contributed by atoms with E-state index in [1.54, 1.807) is 0 Å². The molecule has 7 heteroatoms. The van der Waals surface area contributed by atoms with Gasteiger partial charge >= 0.3 is 7.25 Å². The highest BCUT2D eigenvalue weighted by Gasteiger charge is 2.33. The Labute approximate surface area is 93.2 Å². The van der Waals surface area contributed by atoms with E-state index in [1.807, 2.05) is 12.4 Å². The third-order valence-corrected chi connectivity index (χ3v) is 2.41. The van der Waals surface area contributed by atoms with Crippen LogP contribution in [0, 0.1) is 0 Å². The lowest BCUT2D eigenvalue weighted by Gasteiger charge is -2.16. The standard InChI is InChI=1S/C9H17N2.BF4/c1-4-5-6-9(2)10-7-8-11(9)3;2-1(3,4)5/h7-8H,4-6H2,1-3H3;/q+1;-1. The van der Waals surface area contributed by atoms with Crippen LogP contribution in [0.25, 0.3) is 0 Å². The van der Waals surface area contributed by atoms with Crippen molar-refractivity contribution in [3.05, 3.63) is 0 Å². The smallest absolute Gasteiger partial charge is 0.418 e. The van der Waals surface area contributed by atoms with E-state index in [1.165, 1.54) is 12.8 Å². The van der Waals surface area contributed by atoms with Crippen molar-refractivity contribution in [1.82, 2.24) is 0 Å². The minimum absolute atomic E-state index is 0.0516. The summed E-state index contributed by atoms with van der Waals surface area (Å²) in [7, 11) is -3.91. The maximum atomic E-state index is 9.75. The molecule has 0 fully saturated rings. The van der Waals surface area contributed by atoms with Gasteiger partial charge in [-0.05, 0) is 6.42 Å². The number of nitrogens with zero attached hydrogens (tertiary/aromatic N) is 2. The van der Waals surface area contributed by atoms with E-state index in [2.05, 4.69) is 30.5 Å². The van der Waals surface area contributed by atoms with E-state index in [0.29, 0.717) is 0 Å². The Kier molecular flexibility index (Phi) is 5.68. The average Bonchev–Trinajstić information content (AvgIpc) is 2.42. The number of halogens is 4. The Hall–Kier alpha value is -0.875. The number of rotatable bonds is 3. The largest absolute Gasteiger partial charge is 0.673 e. The Bertz CT molecular complexity index is 269. The van der Waals surface area contributed by atoms with Gasteiger partial charge in [-0.1, -0.05) is 13.3 Å². The Morgan fingerprint density at radius 1 is 1.31 bits per heavy atom. The first kappa shape index (κ1) is 15.1. The number of hydrogen-bond acceptors (Lipinski definition) is 1. The lowest BCUT2D eigenvalue weighted by molar-refractivity contribution is -0.570. The fourth-order valence-electron chi connectivity index (χ4n) is 1.30. The van der Waals surface area contributed by atoms with Gasteiger partial charge in [-0.15, -0.1) is 0 Å². The highest BCUT2D eigenvalue weighted by Crippen LogP contribution is 2.20. The monoisotopic (exact) mass is 240 g/mol. The van der Waals surface area contributed by atoms with Gasteiger partial charge in [-0.25, -0.2) is 9.57 Å². The SMILES string of the molecule is CCCCC1(C)N=CC=[N+]1C.F[B-](F)(F)F. The van der Waals surface area contributed by atoms with E-state index in [-0.39, 0.29) is 5.66 Å². The van der Waals surface area contributed by atoms with Crippen molar-refractivity contribution in [3.63, 3.8) is 0 Å². The summed E-state index contributed by atoms with van der Waals surface area (Å²) in [5.41, 5.74) is 0.0516. The summed E-state index contributed by atoms with van der Waals surface area (Å²) < 4.78 is 41.2. The molecule has 0 aromatic rings. The zero-order valence-corrected chi connectivity index (χ0v) is 9.76. The minimum Gasteiger partial charge on any atom is -0.418 e. The molecular weight excluding hydrogens is 223 g/mol. The predicted molar refractivity (Wildman–Crippen MR) is 58.9 cm³/mol. The lowest BCUT2D eigenvalue weighted by Crippen LogP contribution is -2.32. The fourth-order valence-corrected chi connectivity index (χ4v) is 1.30. The number of unbranched alkanes of at least 4 members (excludes halogenated alkanes) is 1. The Morgan fingerprint density at radius 3 is 2.12 bits per heavy atom. The maximum absolute atomic E-state index is 9.75. The van der Waals surface area contributed by atoms with Crippen LogP contribution in [0.2, 0.25) is 0 Å². The molecule has 0 amide bonds. The van der Waals surface area contributed by atoms with Crippen molar-refractivity contribution in [2.24, 2.45) is 4.99 Å². The van der Waals surface area contributed by atoms with Crippen LogP contribution in [0.3, 0.4) is 0 Å². The van der Waals surface area contributed by atoms with E-state index < -0.39 is 7.25 Å². The van der Waals surface area contributed by atoms with Crippen molar-refractivity contribution in [1.29, 1.82) is 0 Å². The molecule has 0 aromatic carbocycles. The molecule has 0 N–H and O–H groups in total. The van der Waals surface area contributed by atoms with Gasteiger partial charge in [0.1, 0.15) is 7.05 Å². The van der Waals surface area contributed by atoms with Crippen LogP contribution >= 0.6 is 0 Å². The van der Waals surface area contributed by atoms with Crippen LogP contribution in [0.4, 0.5) is 17.3 Å². The molecule has 0 radical (unpaired) electrons. The zero-order valence-electron chi connectivity index (χ0n) is 9.76. The molecule has 1 heterocycles. The normalized spacial score (nSPS) is 23.8. The van der Waals surface area contributed by atoms with Gasteiger partial charge in [-0.3, -0.25) is 0 Å². The average molecular weight is 240 g/mol. The molecule has 0 aromatic heterocycles. The summed E-state index contributed by atoms with van der Waals surface area (Å²) in [6.07, 6.45) is 7.60. The van der Waals surface area contributed by atoms with E-state index >= 15 is 0 Å². The maximum Gasteiger partial charge on any atom is 0.673 e. The Morgan fingerprint density at radius 2 is 1.81 bits per heavy atom. The molecule has 0 bridgehead atoms. The first-order valence-electron chi connectivity index (χ1n) is 5.18. The number of aliphatic imine (C=N–C) groups is 1. The molecule has 0 spiro atoms. The van der Waals surface area contributed by atoms with Gasteiger partial charge in [0.15, 0.2) is 6.21 Å². The molecule has 1 aliphatic heterocycles. The summed E-state index contributed by atoms with van der Waals surface area (Å²) in [4.78, 5) is 4.43. The van der Waals surface area contributed by atoms with Crippen molar-refractivity contribution in [3.8, 4) is 0 Å². The third kappa shape index (κ3) is 6.58. The van der Waals surface area contributed by atoms with E-state index in [4.69, 9.17) is 0 Å². The first-order chi connectivity index (χ1) is 7.19. The summed E-state index contributed by atoms with van der Waals surface area (Å²) in [6.45, 7) is 4.40. The van der Waals surface area contributed by atoms with Gasteiger partial charge in [0.2, 0.25) is 0 Å². The topological polar surface area (TPSA) is 15.4 Å². The fraction of sp³-hybridized carbons (Fsp3) is 0.778.